The van der Waals surface area contributed by atoms with Gasteiger partial charge in [-0.15, -0.1) is 0 Å². The summed E-state index contributed by atoms with van der Waals surface area (Å²) in [5.41, 5.74) is 0. The second-order valence-corrected chi connectivity index (χ2v) is 5.11. The molecule has 6 heteroatoms. The molecule has 0 aromatic rings. The summed E-state index contributed by atoms with van der Waals surface area (Å²) in [6, 6.07) is 0. The van der Waals surface area contributed by atoms with Crippen LogP contribution in [0, 0.1) is 0 Å². The third-order valence-electron chi connectivity index (χ3n) is 1.16. The van der Waals surface area contributed by atoms with E-state index in [0.717, 1.165) is 0 Å². The first-order chi connectivity index (χ1) is 4.88. The minimum atomic E-state index is -3.64. The number of carbonyl (C=O) groups is 1. The van der Waals surface area contributed by atoms with Gasteiger partial charge in [0.05, 0.1) is 18.8 Å². The minimum Gasteiger partial charge on any atom is -0.469 e. The van der Waals surface area contributed by atoms with Crippen molar-refractivity contribution in [2.45, 2.75) is 18.6 Å². The highest BCUT2D eigenvalue weighted by Gasteiger charge is 2.20. The molecule has 0 unspecified atom stereocenters. The minimum absolute atomic E-state index is 0.206. The second kappa shape index (κ2) is 3.92. The molecule has 0 heterocycles. The highest BCUT2D eigenvalue weighted by atomic mass is 35.7. The molecule has 0 aromatic carbocycles. The maximum atomic E-state index is 10.5. The molecule has 0 spiro atoms. The van der Waals surface area contributed by atoms with Crippen LogP contribution < -0.4 is 0 Å². The highest BCUT2D eigenvalue weighted by Crippen LogP contribution is 2.10. The van der Waals surface area contributed by atoms with Gasteiger partial charge in [0.25, 0.3) is 0 Å². The van der Waals surface area contributed by atoms with Gasteiger partial charge in [-0.25, -0.2) is 8.42 Å². The van der Waals surface area contributed by atoms with Crippen LogP contribution in [0.2, 0.25) is 0 Å². The molecule has 0 amide bonds. The molecule has 66 valence electrons. The van der Waals surface area contributed by atoms with Crippen molar-refractivity contribution in [1.29, 1.82) is 0 Å². The Labute approximate surface area is 69.9 Å². The summed E-state index contributed by atoms with van der Waals surface area (Å²) in [4.78, 5) is 10.5. The fourth-order valence-electron chi connectivity index (χ4n) is 0.418. The van der Waals surface area contributed by atoms with Gasteiger partial charge >= 0.3 is 5.97 Å². The Morgan fingerprint density at radius 2 is 2.09 bits per heavy atom. The third-order valence-corrected chi connectivity index (χ3v) is 3.20. The first-order valence-corrected chi connectivity index (χ1v) is 5.25. The molecule has 0 aliphatic rings. The Hall–Kier alpha value is -0.290. The van der Waals surface area contributed by atoms with E-state index in [9.17, 15) is 13.2 Å². The lowest BCUT2D eigenvalue weighted by molar-refractivity contribution is -0.140. The van der Waals surface area contributed by atoms with Crippen molar-refractivity contribution in [3.05, 3.63) is 0 Å². The van der Waals surface area contributed by atoms with Crippen molar-refractivity contribution in [3.8, 4) is 0 Å². The van der Waals surface area contributed by atoms with Gasteiger partial charge in [-0.2, -0.15) is 0 Å². The first-order valence-electron chi connectivity index (χ1n) is 2.88. The molecule has 0 saturated carbocycles. The Bertz CT molecular complexity index is 233. The van der Waals surface area contributed by atoms with E-state index in [1.165, 1.54) is 14.0 Å². The smallest absolute Gasteiger partial charge is 0.306 e. The SMILES string of the molecule is COC(=O)C[C@@H](C)S(=O)(=O)Cl. The Morgan fingerprint density at radius 3 is 2.36 bits per heavy atom. The van der Waals surface area contributed by atoms with Crippen molar-refractivity contribution in [1.82, 2.24) is 0 Å². The normalized spacial score (nSPS) is 14.1. The van der Waals surface area contributed by atoms with E-state index in [1.807, 2.05) is 0 Å². The van der Waals surface area contributed by atoms with Gasteiger partial charge in [-0.1, -0.05) is 0 Å². The van der Waals surface area contributed by atoms with Crippen LogP contribution in [0.25, 0.3) is 0 Å². The number of ether oxygens (including phenoxy) is 1. The maximum absolute atomic E-state index is 10.5. The van der Waals surface area contributed by atoms with Gasteiger partial charge in [0.2, 0.25) is 9.05 Å². The zero-order chi connectivity index (χ0) is 9.07. The predicted molar refractivity (Wildman–Crippen MR) is 40.9 cm³/mol. The Morgan fingerprint density at radius 1 is 1.64 bits per heavy atom. The summed E-state index contributed by atoms with van der Waals surface area (Å²) < 4.78 is 25.3. The molecule has 0 aliphatic heterocycles. The molecule has 0 aliphatic carbocycles. The van der Waals surface area contributed by atoms with Gasteiger partial charge < -0.3 is 4.74 Å². The van der Waals surface area contributed by atoms with E-state index in [-0.39, 0.29) is 6.42 Å². The number of carbonyl (C=O) groups excluding carboxylic acids is 1. The van der Waals surface area contributed by atoms with Crippen molar-refractivity contribution in [3.63, 3.8) is 0 Å². The average molecular weight is 201 g/mol. The van der Waals surface area contributed by atoms with E-state index in [4.69, 9.17) is 10.7 Å². The maximum Gasteiger partial charge on any atom is 0.306 e. The molecule has 0 rings (SSSR count). The summed E-state index contributed by atoms with van der Waals surface area (Å²) in [5.74, 6) is -0.582. The molecular formula is C5H9ClO4S. The number of hydrogen-bond acceptors (Lipinski definition) is 4. The lowest BCUT2D eigenvalue weighted by atomic mass is 10.3. The van der Waals surface area contributed by atoms with Crippen LogP contribution in [0.3, 0.4) is 0 Å². The van der Waals surface area contributed by atoms with Crippen LogP contribution >= 0.6 is 10.7 Å². The van der Waals surface area contributed by atoms with Crippen LogP contribution in [-0.2, 0) is 18.6 Å². The first kappa shape index (κ1) is 10.7. The summed E-state index contributed by atoms with van der Waals surface area (Å²) in [6.45, 7) is 1.35. The Kier molecular flexibility index (Phi) is 3.82. The molecule has 0 aromatic heterocycles. The summed E-state index contributed by atoms with van der Waals surface area (Å²) in [6.07, 6.45) is -0.206. The van der Waals surface area contributed by atoms with Crippen molar-refractivity contribution < 1.29 is 17.9 Å². The Balaban J connectivity index is 4.10. The number of esters is 1. The summed E-state index contributed by atoms with van der Waals surface area (Å²) >= 11 is 0. The van der Waals surface area contributed by atoms with Gasteiger partial charge in [-0.05, 0) is 6.92 Å². The van der Waals surface area contributed by atoms with Crippen LogP contribution in [0.15, 0.2) is 0 Å². The fourth-order valence-corrected chi connectivity index (χ4v) is 0.942. The molecule has 0 bridgehead atoms. The number of rotatable bonds is 3. The standard InChI is InChI=1S/C5H9ClO4S/c1-4(11(6,8)9)3-5(7)10-2/h4H,3H2,1-2H3/t4-/m1/s1. The zero-order valence-corrected chi connectivity index (χ0v) is 7.78. The molecule has 0 N–H and O–H groups in total. The topological polar surface area (TPSA) is 60.4 Å². The van der Waals surface area contributed by atoms with Crippen molar-refractivity contribution in [2.24, 2.45) is 0 Å². The fraction of sp³-hybridized carbons (Fsp3) is 0.800. The van der Waals surface area contributed by atoms with Crippen LogP contribution in [0.4, 0.5) is 0 Å². The monoisotopic (exact) mass is 200 g/mol. The van der Waals surface area contributed by atoms with Gasteiger partial charge in [-0.3, -0.25) is 4.79 Å². The predicted octanol–water partition coefficient (Wildman–Crippen LogP) is 0.507. The molecule has 11 heavy (non-hydrogen) atoms. The van der Waals surface area contributed by atoms with E-state index in [1.54, 1.807) is 0 Å². The highest BCUT2D eigenvalue weighted by molar-refractivity contribution is 8.14. The van der Waals surface area contributed by atoms with E-state index >= 15 is 0 Å². The molecule has 1 atom stereocenters. The lowest BCUT2D eigenvalue weighted by Crippen LogP contribution is -2.17. The van der Waals surface area contributed by atoms with E-state index < -0.39 is 20.3 Å². The van der Waals surface area contributed by atoms with Crippen molar-refractivity contribution in [2.75, 3.05) is 7.11 Å². The average Bonchev–Trinajstić information content (AvgIpc) is 1.85. The lowest BCUT2D eigenvalue weighted by Gasteiger charge is -2.04. The zero-order valence-electron chi connectivity index (χ0n) is 6.20. The van der Waals surface area contributed by atoms with Crippen LogP contribution in [0.5, 0.6) is 0 Å². The van der Waals surface area contributed by atoms with Gasteiger partial charge in [0.1, 0.15) is 0 Å². The van der Waals surface area contributed by atoms with Gasteiger partial charge in [0.15, 0.2) is 0 Å². The number of hydrogen-bond donors (Lipinski definition) is 0. The van der Waals surface area contributed by atoms with Gasteiger partial charge in [0, 0.05) is 10.7 Å². The van der Waals surface area contributed by atoms with Crippen molar-refractivity contribution >= 4 is 25.7 Å². The molecular weight excluding hydrogens is 192 g/mol. The van der Waals surface area contributed by atoms with E-state index in [0.29, 0.717) is 0 Å². The number of methoxy groups -OCH3 is 1. The molecule has 4 nitrogen and oxygen atoms in total. The van der Waals surface area contributed by atoms with E-state index in [2.05, 4.69) is 4.74 Å². The molecule has 0 saturated heterocycles. The summed E-state index contributed by atoms with van der Waals surface area (Å²) in [5, 5.41) is -0.892. The molecule has 0 fully saturated rings. The third kappa shape index (κ3) is 4.21. The largest absolute Gasteiger partial charge is 0.469 e. The molecule has 0 radical (unpaired) electrons. The number of halogens is 1. The van der Waals surface area contributed by atoms with Crippen LogP contribution in [-0.4, -0.2) is 26.7 Å². The summed E-state index contributed by atoms with van der Waals surface area (Å²) in [7, 11) is 2.50. The second-order valence-electron chi connectivity index (χ2n) is 2.07. The quantitative estimate of drug-likeness (QED) is 0.492. The van der Waals surface area contributed by atoms with Crippen LogP contribution in [0.1, 0.15) is 13.3 Å².